The van der Waals surface area contributed by atoms with Gasteiger partial charge in [-0.05, 0) is 49.1 Å². The maximum Gasteiger partial charge on any atom is 0.327 e. The number of benzene rings is 3. The fourth-order valence-electron chi connectivity index (χ4n) is 6.23. The second-order valence-electron chi connectivity index (χ2n) is 10.2. The summed E-state index contributed by atoms with van der Waals surface area (Å²) < 4.78 is 13.9. The van der Waals surface area contributed by atoms with Gasteiger partial charge >= 0.3 is 5.97 Å². The van der Waals surface area contributed by atoms with Gasteiger partial charge in [-0.25, -0.2) is 9.18 Å². The van der Waals surface area contributed by atoms with Crippen LogP contribution in [0.5, 0.6) is 0 Å². The van der Waals surface area contributed by atoms with Gasteiger partial charge in [-0.2, -0.15) is 0 Å². The van der Waals surface area contributed by atoms with E-state index < -0.39 is 35.7 Å². The van der Waals surface area contributed by atoms with Crippen molar-refractivity contribution >= 4 is 17.7 Å². The summed E-state index contributed by atoms with van der Waals surface area (Å²) in [7, 11) is 0. The Kier molecular flexibility index (Phi) is 6.92. The van der Waals surface area contributed by atoms with Crippen LogP contribution in [0.4, 0.5) is 4.39 Å². The van der Waals surface area contributed by atoms with Gasteiger partial charge in [0.05, 0.1) is 12.0 Å². The highest BCUT2D eigenvalue weighted by Gasteiger charge is 2.58. The van der Waals surface area contributed by atoms with E-state index in [1.807, 2.05) is 43.3 Å². The molecule has 0 radical (unpaired) electrons. The minimum Gasteiger partial charge on any atom is -0.480 e. The van der Waals surface area contributed by atoms with Crippen LogP contribution in [0.1, 0.15) is 64.7 Å². The number of carboxylic acid groups (broad SMARTS) is 1. The number of carbonyl (C=O) groups excluding carboxylic acids is 2. The molecule has 1 saturated carbocycles. The normalized spacial score (nSPS) is 23.8. The van der Waals surface area contributed by atoms with Gasteiger partial charge in [-0.1, -0.05) is 79.1 Å². The summed E-state index contributed by atoms with van der Waals surface area (Å²) in [5, 5.41) is 10.6. The van der Waals surface area contributed by atoms with Gasteiger partial charge < -0.3 is 10.0 Å². The number of hydrogen-bond acceptors (Lipinski definition) is 3. The zero-order chi connectivity index (χ0) is 26.1. The fraction of sp³-hybridized carbons (Fsp3) is 0.323. The highest BCUT2D eigenvalue weighted by Crippen LogP contribution is 2.52. The highest BCUT2D eigenvalue weighted by molar-refractivity contribution is 6.01. The van der Waals surface area contributed by atoms with E-state index in [4.69, 9.17) is 0 Å². The van der Waals surface area contributed by atoms with Crippen molar-refractivity contribution in [3.05, 3.63) is 107 Å². The van der Waals surface area contributed by atoms with Gasteiger partial charge in [0.15, 0.2) is 5.78 Å². The number of likely N-dealkylation sites (tertiary alicyclic amines) is 1. The van der Waals surface area contributed by atoms with Crippen LogP contribution in [-0.2, 0) is 9.59 Å². The first-order chi connectivity index (χ1) is 17.9. The lowest BCUT2D eigenvalue weighted by Gasteiger charge is -2.32. The standard InChI is InChI=1S/C31H30FNO4/c1-19-8-7-13-23(18-19)29(34)26-25(20-14-16-24(32)17-15-20)28(31(36)37)33(30(35)22-11-5-6-12-22)27(26)21-9-3-2-4-10-21/h2-4,7-10,13-18,22,25-28H,5-6,11-12H2,1H3,(H,36,37). The predicted molar refractivity (Wildman–Crippen MR) is 138 cm³/mol. The Bertz CT molecular complexity index is 1300. The smallest absolute Gasteiger partial charge is 0.327 e. The summed E-state index contributed by atoms with van der Waals surface area (Å²) in [6, 6.07) is 20.1. The summed E-state index contributed by atoms with van der Waals surface area (Å²) in [4.78, 5) is 42.7. The zero-order valence-electron chi connectivity index (χ0n) is 20.7. The summed E-state index contributed by atoms with van der Waals surface area (Å²) in [5.41, 5.74) is 2.63. The average Bonchev–Trinajstić information content (AvgIpc) is 3.56. The Hall–Kier alpha value is -3.80. The Morgan fingerprint density at radius 1 is 0.865 bits per heavy atom. The molecule has 6 heteroatoms. The van der Waals surface area contributed by atoms with E-state index in [1.54, 1.807) is 18.2 Å². The van der Waals surface area contributed by atoms with Crippen molar-refractivity contribution in [2.24, 2.45) is 11.8 Å². The van der Waals surface area contributed by atoms with E-state index in [1.165, 1.54) is 29.2 Å². The third-order valence-corrected chi connectivity index (χ3v) is 7.88. The lowest BCUT2D eigenvalue weighted by Crippen LogP contribution is -2.46. The molecule has 4 unspecified atom stereocenters. The van der Waals surface area contributed by atoms with Crippen LogP contribution in [-0.4, -0.2) is 33.7 Å². The second-order valence-corrected chi connectivity index (χ2v) is 10.2. The first kappa shape index (κ1) is 24.9. The molecule has 5 rings (SSSR count). The summed E-state index contributed by atoms with van der Waals surface area (Å²) in [6.07, 6.45) is 3.26. The van der Waals surface area contributed by atoms with Gasteiger partial charge in [0.25, 0.3) is 0 Å². The van der Waals surface area contributed by atoms with Gasteiger partial charge in [-0.3, -0.25) is 9.59 Å². The van der Waals surface area contributed by atoms with Gasteiger partial charge in [0.1, 0.15) is 11.9 Å². The number of aliphatic carboxylic acids is 1. The van der Waals surface area contributed by atoms with Crippen molar-refractivity contribution in [2.75, 3.05) is 0 Å². The topological polar surface area (TPSA) is 74.7 Å². The monoisotopic (exact) mass is 499 g/mol. The SMILES string of the molecule is Cc1cccc(C(=O)C2C(c3ccc(F)cc3)C(C(=O)O)N(C(=O)C3CCCC3)C2c2ccccc2)c1. The van der Waals surface area contributed by atoms with Crippen LogP contribution in [0, 0.1) is 24.6 Å². The van der Waals surface area contributed by atoms with Crippen LogP contribution >= 0.6 is 0 Å². The van der Waals surface area contributed by atoms with E-state index in [9.17, 15) is 23.9 Å². The molecule has 1 amide bonds. The first-order valence-corrected chi connectivity index (χ1v) is 12.8. The summed E-state index contributed by atoms with van der Waals surface area (Å²) >= 11 is 0. The molecule has 190 valence electrons. The first-order valence-electron chi connectivity index (χ1n) is 12.8. The van der Waals surface area contributed by atoms with E-state index in [0.29, 0.717) is 24.0 Å². The van der Waals surface area contributed by atoms with Crippen LogP contribution in [0.25, 0.3) is 0 Å². The number of Topliss-reactive ketones (excluding diaryl/α,β-unsaturated/α-hetero) is 1. The molecule has 2 fully saturated rings. The lowest BCUT2D eigenvalue weighted by molar-refractivity contribution is -0.152. The summed E-state index contributed by atoms with van der Waals surface area (Å²) in [5.74, 6) is -4.03. The van der Waals surface area contributed by atoms with E-state index in [-0.39, 0.29) is 17.6 Å². The molecule has 0 bridgehead atoms. The van der Waals surface area contributed by atoms with Gasteiger partial charge in [0, 0.05) is 17.4 Å². The molecule has 1 N–H and O–H groups in total. The largest absolute Gasteiger partial charge is 0.480 e. The van der Waals surface area contributed by atoms with Crippen LogP contribution in [0.2, 0.25) is 0 Å². The molecule has 4 atom stereocenters. The van der Waals surface area contributed by atoms with E-state index in [0.717, 1.165) is 24.0 Å². The van der Waals surface area contributed by atoms with Gasteiger partial charge in [0.2, 0.25) is 5.91 Å². The Morgan fingerprint density at radius 2 is 1.54 bits per heavy atom. The number of amides is 1. The number of carbonyl (C=O) groups is 3. The van der Waals surface area contributed by atoms with E-state index >= 15 is 0 Å². The number of ketones is 1. The molecule has 0 aromatic heterocycles. The predicted octanol–water partition coefficient (Wildman–Crippen LogP) is 5.94. The quantitative estimate of drug-likeness (QED) is 0.426. The minimum atomic E-state index is -1.26. The number of rotatable bonds is 6. The molecular weight excluding hydrogens is 469 g/mol. The van der Waals surface area contributed by atoms with Crippen molar-refractivity contribution in [2.45, 2.75) is 50.6 Å². The number of carboxylic acids is 1. The average molecular weight is 500 g/mol. The van der Waals surface area contributed by atoms with Crippen LogP contribution in [0.15, 0.2) is 78.9 Å². The number of hydrogen-bond donors (Lipinski definition) is 1. The number of nitrogens with zero attached hydrogens (tertiary/aromatic N) is 1. The van der Waals surface area contributed by atoms with Gasteiger partial charge in [-0.15, -0.1) is 0 Å². The molecule has 2 aliphatic rings. The molecule has 1 aliphatic carbocycles. The molecule has 5 nitrogen and oxygen atoms in total. The molecular formula is C31H30FNO4. The van der Waals surface area contributed by atoms with Crippen molar-refractivity contribution in [1.82, 2.24) is 4.90 Å². The third kappa shape index (κ3) is 4.68. The molecule has 1 heterocycles. The lowest BCUT2D eigenvalue weighted by atomic mass is 9.76. The highest BCUT2D eigenvalue weighted by atomic mass is 19.1. The Morgan fingerprint density at radius 3 is 2.16 bits per heavy atom. The number of aryl methyl sites for hydroxylation is 1. The van der Waals surface area contributed by atoms with Crippen LogP contribution in [0.3, 0.4) is 0 Å². The van der Waals surface area contributed by atoms with Crippen molar-refractivity contribution in [3.63, 3.8) is 0 Å². The molecule has 3 aromatic rings. The second kappa shape index (κ2) is 10.3. The molecule has 3 aromatic carbocycles. The van der Waals surface area contributed by atoms with Crippen LogP contribution < -0.4 is 0 Å². The van der Waals surface area contributed by atoms with E-state index in [2.05, 4.69) is 0 Å². The summed E-state index contributed by atoms with van der Waals surface area (Å²) in [6.45, 7) is 1.90. The van der Waals surface area contributed by atoms with Crippen molar-refractivity contribution in [3.8, 4) is 0 Å². The Balaban J connectivity index is 1.74. The minimum absolute atomic E-state index is 0.217. The van der Waals surface area contributed by atoms with Crippen molar-refractivity contribution in [1.29, 1.82) is 0 Å². The molecule has 1 saturated heterocycles. The molecule has 37 heavy (non-hydrogen) atoms. The van der Waals surface area contributed by atoms with Crippen molar-refractivity contribution < 1.29 is 23.9 Å². The fourth-order valence-corrected chi connectivity index (χ4v) is 6.23. The third-order valence-electron chi connectivity index (χ3n) is 7.88. The maximum atomic E-state index is 14.3. The Labute approximate surface area is 215 Å². The maximum absolute atomic E-state index is 14.3. The zero-order valence-corrected chi connectivity index (χ0v) is 20.7. The molecule has 0 spiro atoms. The number of halogens is 1. The molecule has 1 aliphatic heterocycles.